The molecule has 0 unspecified atom stereocenters. The molecule has 0 spiro atoms. The average molecular weight is 161 g/mol. The van der Waals surface area contributed by atoms with Crippen molar-refractivity contribution in [3.8, 4) is 11.8 Å². The molecule has 1 aromatic rings. The van der Waals surface area contributed by atoms with E-state index < -0.39 is 0 Å². The van der Waals surface area contributed by atoms with Crippen molar-refractivity contribution in [3.05, 3.63) is 29.3 Å². The standard InChI is InChI=1S/C9H7NO2/c1-6(11)8-3-2-7(5-10)4-9(8)12/h2-4,12H,1H3. The molecule has 60 valence electrons. The van der Waals surface area contributed by atoms with Gasteiger partial charge in [0.15, 0.2) is 5.78 Å². The lowest BCUT2D eigenvalue weighted by Crippen LogP contribution is -1.92. The fraction of sp³-hybridized carbons (Fsp3) is 0.111. The summed E-state index contributed by atoms with van der Waals surface area (Å²) in [4.78, 5) is 10.8. The summed E-state index contributed by atoms with van der Waals surface area (Å²) in [5.41, 5.74) is 0.589. The zero-order chi connectivity index (χ0) is 9.14. The minimum absolute atomic E-state index is 0.137. The molecular weight excluding hydrogens is 154 g/mol. The number of phenolic OH excluding ortho intramolecular Hbond substituents is 1. The van der Waals surface area contributed by atoms with Crippen LogP contribution in [0.25, 0.3) is 0 Å². The molecule has 0 aliphatic heterocycles. The van der Waals surface area contributed by atoms with E-state index in [4.69, 9.17) is 5.26 Å². The topological polar surface area (TPSA) is 61.1 Å². The number of hydrogen-bond donors (Lipinski definition) is 1. The number of benzene rings is 1. The summed E-state index contributed by atoms with van der Waals surface area (Å²) in [6.07, 6.45) is 0. The summed E-state index contributed by atoms with van der Waals surface area (Å²) in [6.45, 7) is 1.36. The van der Waals surface area contributed by atoms with Gasteiger partial charge in [-0.1, -0.05) is 0 Å². The summed E-state index contributed by atoms with van der Waals surface area (Å²) in [7, 11) is 0. The van der Waals surface area contributed by atoms with Crippen LogP contribution in [-0.4, -0.2) is 10.9 Å². The van der Waals surface area contributed by atoms with Crippen LogP contribution in [-0.2, 0) is 0 Å². The number of ketones is 1. The van der Waals surface area contributed by atoms with Gasteiger partial charge < -0.3 is 5.11 Å². The first-order valence-corrected chi connectivity index (χ1v) is 3.39. The summed E-state index contributed by atoms with van der Waals surface area (Å²) in [5, 5.41) is 17.7. The Bertz CT molecular complexity index is 363. The van der Waals surface area contributed by atoms with Crippen LogP contribution in [0.2, 0.25) is 0 Å². The third-order valence-corrected chi connectivity index (χ3v) is 1.51. The Labute approximate surface area is 69.9 Å². The largest absolute Gasteiger partial charge is 0.507 e. The second-order valence-electron chi connectivity index (χ2n) is 2.40. The van der Waals surface area contributed by atoms with Crippen molar-refractivity contribution in [1.29, 1.82) is 5.26 Å². The third-order valence-electron chi connectivity index (χ3n) is 1.51. The molecule has 0 radical (unpaired) electrons. The molecule has 0 atom stereocenters. The maximum atomic E-state index is 10.8. The number of carbonyl (C=O) groups excluding carboxylic acids is 1. The van der Waals surface area contributed by atoms with Gasteiger partial charge in [0.05, 0.1) is 17.2 Å². The molecule has 0 amide bonds. The van der Waals surface area contributed by atoms with Crippen LogP contribution in [0.1, 0.15) is 22.8 Å². The Hall–Kier alpha value is -1.82. The minimum Gasteiger partial charge on any atom is -0.507 e. The fourth-order valence-electron chi connectivity index (χ4n) is 0.899. The first-order chi connectivity index (χ1) is 5.65. The van der Waals surface area contributed by atoms with Crippen molar-refractivity contribution in [2.75, 3.05) is 0 Å². The molecule has 1 rings (SSSR count). The molecule has 0 aliphatic carbocycles. The summed E-state index contributed by atoms with van der Waals surface area (Å²) in [6, 6.07) is 6.07. The number of nitrogens with zero attached hydrogens (tertiary/aromatic N) is 1. The monoisotopic (exact) mass is 161 g/mol. The molecule has 0 aliphatic rings. The van der Waals surface area contributed by atoms with Crippen LogP contribution in [0.3, 0.4) is 0 Å². The Kier molecular flexibility index (Phi) is 2.11. The van der Waals surface area contributed by atoms with Gasteiger partial charge in [-0.3, -0.25) is 4.79 Å². The second-order valence-corrected chi connectivity index (χ2v) is 2.40. The van der Waals surface area contributed by atoms with Crippen LogP contribution in [0.5, 0.6) is 5.75 Å². The molecule has 0 fully saturated rings. The predicted octanol–water partition coefficient (Wildman–Crippen LogP) is 1.47. The van der Waals surface area contributed by atoms with Crippen LogP contribution in [0.4, 0.5) is 0 Å². The second kappa shape index (κ2) is 3.05. The number of Topliss-reactive ketones (excluding diaryl/α,β-unsaturated/α-hetero) is 1. The fourth-order valence-corrected chi connectivity index (χ4v) is 0.899. The average Bonchev–Trinajstić information content (AvgIpc) is 2.03. The molecule has 1 aromatic carbocycles. The van der Waals surface area contributed by atoms with Crippen molar-refractivity contribution >= 4 is 5.78 Å². The van der Waals surface area contributed by atoms with Gasteiger partial charge in [0, 0.05) is 0 Å². The molecule has 0 saturated heterocycles. The van der Waals surface area contributed by atoms with Gasteiger partial charge in [0.25, 0.3) is 0 Å². The van der Waals surface area contributed by atoms with Crippen LogP contribution < -0.4 is 0 Å². The molecule has 12 heavy (non-hydrogen) atoms. The smallest absolute Gasteiger partial charge is 0.163 e. The van der Waals surface area contributed by atoms with E-state index in [1.54, 1.807) is 0 Å². The SMILES string of the molecule is CC(=O)c1ccc(C#N)cc1O. The molecular formula is C9H7NO2. The van der Waals surface area contributed by atoms with Gasteiger partial charge in [0.2, 0.25) is 0 Å². The van der Waals surface area contributed by atoms with Crippen LogP contribution in [0.15, 0.2) is 18.2 Å². The molecule has 3 nitrogen and oxygen atoms in total. The molecule has 0 heterocycles. The molecule has 1 N–H and O–H groups in total. The van der Waals surface area contributed by atoms with Gasteiger partial charge in [-0.25, -0.2) is 0 Å². The lowest BCUT2D eigenvalue weighted by atomic mass is 10.1. The summed E-state index contributed by atoms with van der Waals surface area (Å²) >= 11 is 0. The summed E-state index contributed by atoms with van der Waals surface area (Å²) < 4.78 is 0. The van der Waals surface area contributed by atoms with E-state index in [1.807, 2.05) is 6.07 Å². The van der Waals surface area contributed by atoms with E-state index in [1.165, 1.54) is 25.1 Å². The number of rotatable bonds is 1. The van der Waals surface area contributed by atoms with Crippen LogP contribution in [0, 0.1) is 11.3 Å². The van der Waals surface area contributed by atoms with Crippen molar-refractivity contribution in [3.63, 3.8) is 0 Å². The first kappa shape index (κ1) is 8.28. The van der Waals surface area contributed by atoms with Gasteiger partial charge in [-0.2, -0.15) is 5.26 Å². The Morgan fingerprint density at radius 1 is 1.58 bits per heavy atom. The van der Waals surface area contributed by atoms with E-state index in [-0.39, 0.29) is 17.1 Å². The minimum atomic E-state index is -0.211. The maximum absolute atomic E-state index is 10.8. The highest BCUT2D eigenvalue weighted by atomic mass is 16.3. The Morgan fingerprint density at radius 2 is 2.25 bits per heavy atom. The first-order valence-electron chi connectivity index (χ1n) is 3.39. The van der Waals surface area contributed by atoms with Crippen molar-refractivity contribution in [1.82, 2.24) is 0 Å². The number of nitriles is 1. The van der Waals surface area contributed by atoms with Gasteiger partial charge >= 0.3 is 0 Å². The quantitative estimate of drug-likeness (QED) is 0.634. The van der Waals surface area contributed by atoms with E-state index >= 15 is 0 Å². The van der Waals surface area contributed by atoms with Gasteiger partial charge in [0.1, 0.15) is 5.75 Å². The zero-order valence-corrected chi connectivity index (χ0v) is 6.53. The van der Waals surface area contributed by atoms with Crippen LogP contribution >= 0.6 is 0 Å². The zero-order valence-electron chi connectivity index (χ0n) is 6.53. The highest BCUT2D eigenvalue weighted by Crippen LogP contribution is 2.18. The molecule has 0 saturated carbocycles. The number of phenols is 1. The highest BCUT2D eigenvalue weighted by Gasteiger charge is 2.05. The normalized spacial score (nSPS) is 9.00. The lowest BCUT2D eigenvalue weighted by Gasteiger charge is -1.98. The summed E-state index contributed by atoms with van der Waals surface area (Å²) in [5.74, 6) is -0.349. The van der Waals surface area contributed by atoms with E-state index in [2.05, 4.69) is 0 Å². The lowest BCUT2D eigenvalue weighted by molar-refractivity contribution is 0.101. The molecule has 0 aromatic heterocycles. The third kappa shape index (κ3) is 1.43. The Balaban J connectivity index is 3.23. The molecule has 3 heteroatoms. The van der Waals surface area contributed by atoms with Crippen molar-refractivity contribution in [2.24, 2.45) is 0 Å². The van der Waals surface area contributed by atoms with Gasteiger partial charge in [-0.05, 0) is 25.1 Å². The van der Waals surface area contributed by atoms with E-state index in [0.29, 0.717) is 5.56 Å². The van der Waals surface area contributed by atoms with Crippen molar-refractivity contribution < 1.29 is 9.90 Å². The number of hydrogen-bond acceptors (Lipinski definition) is 3. The highest BCUT2D eigenvalue weighted by molar-refractivity contribution is 5.96. The van der Waals surface area contributed by atoms with Gasteiger partial charge in [-0.15, -0.1) is 0 Å². The van der Waals surface area contributed by atoms with E-state index in [0.717, 1.165) is 0 Å². The predicted molar refractivity (Wildman–Crippen MR) is 42.8 cm³/mol. The van der Waals surface area contributed by atoms with E-state index in [9.17, 15) is 9.90 Å². The Morgan fingerprint density at radius 3 is 2.67 bits per heavy atom. The maximum Gasteiger partial charge on any atom is 0.163 e. The molecule has 0 bridgehead atoms. The number of aromatic hydroxyl groups is 1. The van der Waals surface area contributed by atoms with Crippen molar-refractivity contribution in [2.45, 2.75) is 6.92 Å². The number of carbonyl (C=O) groups is 1.